The molecular formula is C13H19NO. The Kier molecular flexibility index (Phi) is 3.27. The largest absolute Gasteiger partial charge is 0.384 e. The summed E-state index contributed by atoms with van der Waals surface area (Å²) in [6.07, 6.45) is 1.19. The summed E-state index contributed by atoms with van der Waals surface area (Å²) in [6.45, 7) is 7.20. The fraction of sp³-hybridized carbons (Fsp3) is 0.538. The van der Waals surface area contributed by atoms with E-state index in [0.29, 0.717) is 5.92 Å². The van der Waals surface area contributed by atoms with Crippen LogP contribution in [-0.4, -0.2) is 19.8 Å². The second kappa shape index (κ2) is 4.67. The summed E-state index contributed by atoms with van der Waals surface area (Å²) in [4.78, 5) is 0. The summed E-state index contributed by atoms with van der Waals surface area (Å²) < 4.78 is 5.36. The molecule has 82 valence electrons. The lowest BCUT2D eigenvalue weighted by Crippen LogP contribution is -2.14. The first-order chi connectivity index (χ1) is 7.27. The van der Waals surface area contributed by atoms with E-state index in [4.69, 9.17) is 4.74 Å². The number of hydrogen-bond donors (Lipinski definition) is 1. The summed E-state index contributed by atoms with van der Waals surface area (Å²) >= 11 is 0. The van der Waals surface area contributed by atoms with Crippen molar-refractivity contribution in [2.24, 2.45) is 5.92 Å². The molecule has 2 nitrogen and oxygen atoms in total. The number of rotatable bonds is 3. The van der Waals surface area contributed by atoms with Crippen LogP contribution in [0.1, 0.15) is 17.5 Å². The summed E-state index contributed by atoms with van der Waals surface area (Å²) in [5.74, 6) is 0.685. The first-order valence-electron chi connectivity index (χ1n) is 5.65. The molecule has 1 atom stereocenters. The highest BCUT2D eigenvalue weighted by Crippen LogP contribution is 2.19. The van der Waals surface area contributed by atoms with E-state index in [0.717, 1.165) is 19.8 Å². The SMILES string of the molecule is Cc1cccc(NCC2CCOC2)c1C. The van der Waals surface area contributed by atoms with Crippen LogP contribution in [-0.2, 0) is 4.74 Å². The maximum atomic E-state index is 5.36. The quantitative estimate of drug-likeness (QED) is 0.819. The van der Waals surface area contributed by atoms with Crippen molar-refractivity contribution in [3.8, 4) is 0 Å². The lowest BCUT2D eigenvalue weighted by Gasteiger charge is -2.14. The van der Waals surface area contributed by atoms with Crippen LogP contribution < -0.4 is 5.32 Å². The molecular weight excluding hydrogens is 186 g/mol. The normalized spacial score (nSPS) is 20.5. The van der Waals surface area contributed by atoms with Gasteiger partial charge in [-0.25, -0.2) is 0 Å². The molecule has 0 amide bonds. The van der Waals surface area contributed by atoms with Crippen molar-refractivity contribution < 1.29 is 4.74 Å². The van der Waals surface area contributed by atoms with Gasteiger partial charge in [0.15, 0.2) is 0 Å². The number of ether oxygens (including phenoxy) is 1. The van der Waals surface area contributed by atoms with Crippen LogP contribution in [0.15, 0.2) is 18.2 Å². The predicted molar refractivity (Wildman–Crippen MR) is 63.3 cm³/mol. The van der Waals surface area contributed by atoms with E-state index >= 15 is 0 Å². The molecule has 1 N–H and O–H groups in total. The zero-order chi connectivity index (χ0) is 10.7. The molecule has 1 aliphatic heterocycles. The second-order valence-corrected chi connectivity index (χ2v) is 4.36. The highest BCUT2D eigenvalue weighted by Gasteiger charge is 2.15. The maximum absolute atomic E-state index is 5.36. The highest BCUT2D eigenvalue weighted by atomic mass is 16.5. The van der Waals surface area contributed by atoms with Crippen LogP contribution in [0, 0.1) is 19.8 Å². The van der Waals surface area contributed by atoms with Gasteiger partial charge in [-0.05, 0) is 37.5 Å². The summed E-state index contributed by atoms with van der Waals surface area (Å²) in [5.41, 5.74) is 3.97. The van der Waals surface area contributed by atoms with Gasteiger partial charge < -0.3 is 10.1 Å². The number of anilines is 1. The third kappa shape index (κ3) is 2.51. The molecule has 0 aliphatic carbocycles. The Balaban J connectivity index is 1.95. The van der Waals surface area contributed by atoms with Crippen LogP contribution in [0.2, 0.25) is 0 Å². The van der Waals surface area contributed by atoms with Gasteiger partial charge in [0.25, 0.3) is 0 Å². The van der Waals surface area contributed by atoms with Gasteiger partial charge >= 0.3 is 0 Å². The van der Waals surface area contributed by atoms with Crippen LogP contribution in [0.5, 0.6) is 0 Å². The molecule has 2 heteroatoms. The standard InChI is InChI=1S/C13H19NO/c1-10-4-3-5-13(11(10)2)14-8-12-6-7-15-9-12/h3-5,12,14H,6-9H2,1-2H3. The van der Waals surface area contributed by atoms with Crippen LogP contribution in [0.4, 0.5) is 5.69 Å². The minimum atomic E-state index is 0.685. The van der Waals surface area contributed by atoms with Crippen LogP contribution >= 0.6 is 0 Å². The van der Waals surface area contributed by atoms with Gasteiger partial charge in [0.1, 0.15) is 0 Å². The van der Waals surface area contributed by atoms with Crippen molar-refractivity contribution in [1.29, 1.82) is 0 Å². The summed E-state index contributed by atoms with van der Waals surface area (Å²) in [7, 11) is 0. The Hall–Kier alpha value is -1.02. The van der Waals surface area contributed by atoms with E-state index in [9.17, 15) is 0 Å². The Morgan fingerprint density at radius 2 is 2.27 bits per heavy atom. The monoisotopic (exact) mass is 205 g/mol. The van der Waals surface area contributed by atoms with E-state index in [-0.39, 0.29) is 0 Å². The summed E-state index contributed by atoms with van der Waals surface area (Å²) in [5, 5.41) is 3.52. The second-order valence-electron chi connectivity index (χ2n) is 4.36. The molecule has 1 aromatic carbocycles. The third-order valence-corrected chi connectivity index (χ3v) is 3.21. The molecule has 1 saturated heterocycles. The first-order valence-corrected chi connectivity index (χ1v) is 5.65. The molecule has 1 heterocycles. The van der Waals surface area contributed by atoms with Crippen molar-refractivity contribution in [1.82, 2.24) is 0 Å². The molecule has 1 unspecified atom stereocenters. The maximum Gasteiger partial charge on any atom is 0.0511 e. The highest BCUT2D eigenvalue weighted by molar-refractivity contribution is 5.53. The fourth-order valence-electron chi connectivity index (χ4n) is 1.94. The molecule has 0 radical (unpaired) electrons. The van der Waals surface area contributed by atoms with Crippen molar-refractivity contribution in [2.45, 2.75) is 20.3 Å². The first kappa shape index (κ1) is 10.5. The zero-order valence-electron chi connectivity index (χ0n) is 9.55. The molecule has 2 rings (SSSR count). The van der Waals surface area contributed by atoms with E-state index in [1.54, 1.807) is 0 Å². The third-order valence-electron chi connectivity index (χ3n) is 3.21. The Morgan fingerprint density at radius 1 is 1.40 bits per heavy atom. The van der Waals surface area contributed by atoms with Crippen molar-refractivity contribution in [3.05, 3.63) is 29.3 Å². The molecule has 1 aromatic rings. The van der Waals surface area contributed by atoms with E-state index in [2.05, 4.69) is 37.4 Å². The van der Waals surface area contributed by atoms with Gasteiger partial charge in [-0.2, -0.15) is 0 Å². The lowest BCUT2D eigenvalue weighted by atomic mass is 10.1. The molecule has 0 saturated carbocycles. The van der Waals surface area contributed by atoms with Crippen molar-refractivity contribution in [2.75, 3.05) is 25.1 Å². The van der Waals surface area contributed by atoms with E-state index < -0.39 is 0 Å². The van der Waals surface area contributed by atoms with Gasteiger partial charge in [0.2, 0.25) is 0 Å². The van der Waals surface area contributed by atoms with E-state index in [1.165, 1.54) is 23.2 Å². The molecule has 0 aromatic heterocycles. The minimum Gasteiger partial charge on any atom is -0.384 e. The van der Waals surface area contributed by atoms with Crippen LogP contribution in [0.3, 0.4) is 0 Å². The van der Waals surface area contributed by atoms with Crippen molar-refractivity contribution >= 4 is 5.69 Å². The van der Waals surface area contributed by atoms with Crippen molar-refractivity contribution in [3.63, 3.8) is 0 Å². The zero-order valence-corrected chi connectivity index (χ0v) is 9.55. The smallest absolute Gasteiger partial charge is 0.0511 e. The van der Waals surface area contributed by atoms with Gasteiger partial charge in [0, 0.05) is 24.8 Å². The Bertz CT molecular complexity index is 329. The number of hydrogen-bond acceptors (Lipinski definition) is 2. The lowest BCUT2D eigenvalue weighted by molar-refractivity contribution is 0.187. The number of nitrogens with one attached hydrogen (secondary N) is 1. The molecule has 0 bridgehead atoms. The molecule has 0 spiro atoms. The van der Waals surface area contributed by atoms with Crippen LogP contribution in [0.25, 0.3) is 0 Å². The minimum absolute atomic E-state index is 0.685. The Labute approximate surface area is 91.6 Å². The predicted octanol–water partition coefficient (Wildman–Crippen LogP) is 2.75. The number of aryl methyl sites for hydroxylation is 1. The Morgan fingerprint density at radius 3 is 3.00 bits per heavy atom. The average Bonchev–Trinajstić information content (AvgIpc) is 2.73. The topological polar surface area (TPSA) is 21.3 Å². The van der Waals surface area contributed by atoms with E-state index in [1.807, 2.05) is 0 Å². The molecule has 1 aliphatic rings. The van der Waals surface area contributed by atoms with Gasteiger partial charge in [0.05, 0.1) is 6.61 Å². The van der Waals surface area contributed by atoms with Gasteiger partial charge in [-0.3, -0.25) is 0 Å². The molecule has 1 fully saturated rings. The molecule has 15 heavy (non-hydrogen) atoms. The summed E-state index contributed by atoms with van der Waals surface area (Å²) in [6, 6.07) is 6.41. The van der Waals surface area contributed by atoms with Gasteiger partial charge in [-0.1, -0.05) is 12.1 Å². The number of benzene rings is 1. The van der Waals surface area contributed by atoms with Gasteiger partial charge in [-0.15, -0.1) is 0 Å². The average molecular weight is 205 g/mol. The fourth-order valence-corrected chi connectivity index (χ4v) is 1.94.